The average Bonchev–Trinajstić information content (AvgIpc) is 2.42. The number of ether oxygens (including phenoxy) is 2. The van der Waals surface area contributed by atoms with Crippen LogP contribution < -0.4 is 5.32 Å². The smallest absolute Gasteiger partial charge is 0.410 e. The van der Waals surface area contributed by atoms with Crippen LogP contribution in [-0.4, -0.2) is 54.7 Å². The third-order valence-corrected chi connectivity index (χ3v) is 3.07. The Bertz CT molecular complexity index is 403. The van der Waals surface area contributed by atoms with E-state index in [1.807, 2.05) is 0 Å². The molecule has 21 heavy (non-hydrogen) atoms. The highest BCUT2D eigenvalue weighted by atomic mass is 16.6. The molecular formula is C14H24N2O5. The molecular weight excluding hydrogens is 276 g/mol. The fourth-order valence-electron chi connectivity index (χ4n) is 2.09. The first-order valence-electron chi connectivity index (χ1n) is 7.09. The van der Waals surface area contributed by atoms with Crippen LogP contribution >= 0.6 is 0 Å². The number of rotatable bonds is 3. The number of esters is 1. The quantitative estimate of drug-likeness (QED) is 0.788. The van der Waals surface area contributed by atoms with E-state index in [1.165, 1.54) is 12.0 Å². The predicted molar refractivity (Wildman–Crippen MR) is 75.6 cm³/mol. The van der Waals surface area contributed by atoms with Crippen LogP contribution in [-0.2, 0) is 19.1 Å². The number of carbonyl (C=O) groups excluding carboxylic acids is 3. The Labute approximate surface area is 124 Å². The lowest BCUT2D eigenvalue weighted by molar-refractivity contribution is -0.141. The second-order valence-corrected chi connectivity index (χ2v) is 5.98. The van der Waals surface area contributed by atoms with Crippen LogP contribution in [0.4, 0.5) is 4.79 Å². The lowest BCUT2D eigenvalue weighted by Gasteiger charge is -2.35. The summed E-state index contributed by atoms with van der Waals surface area (Å²) in [5.74, 6) is -0.881. The third-order valence-electron chi connectivity index (χ3n) is 3.07. The van der Waals surface area contributed by atoms with Crippen molar-refractivity contribution in [2.24, 2.45) is 0 Å². The first-order valence-corrected chi connectivity index (χ1v) is 7.09. The van der Waals surface area contributed by atoms with Gasteiger partial charge in [0.25, 0.3) is 0 Å². The highest BCUT2D eigenvalue weighted by Gasteiger charge is 2.34. The van der Waals surface area contributed by atoms with Crippen LogP contribution in [0.25, 0.3) is 0 Å². The van der Waals surface area contributed by atoms with Gasteiger partial charge >= 0.3 is 12.1 Å². The molecule has 0 spiro atoms. The van der Waals surface area contributed by atoms with Gasteiger partial charge in [-0.05, 0) is 40.0 Å². The van der Waals surface area contributed by atoms with Crippen molar-refractivity contribution in [3.05, 3.63) is 0 Å². The number of methoxy groups -OCH3 is 1. The van der Waals surface area contributed by atoms with Crippen LogP contribution in [0, 0.1) is 0 Å². The summed E-state index contributed by atoms with van der Waals surface area (Å²) in [6, 6.07) is -0.599. The minimum atomic E-state index is -0.610. The molecule has 0 aromatic rings. The molecule has 0 unspecified atom stereocenters. The maximum Gasteiger partial charge on any atom is 0.410 e. The van der Waals surface area contributed by atoms with Gasteiger partial charge in [0.05, 0.1) is 7.11 Å². The normalized spacial score (nSPS) is 18.9. The summed E-state index contributed by atoms with van der Waals surface area (Å²) in [6.07, 6.45) is 1.75. The highest BCUT2D eigenvalue weighted by molar-refractivity contribution is 5.88. The second kappa shape index (κ2) is 7.28. The van der Waals surface area contributed by atoms with E-state index in [0.717, 1.165) is 12.8 Å². The number of hydrogen-bond donors (Lipinski definition) is 1. The highest BCUT2D eigenvalue weighted by Crippen LogP contribution is 2.20. The Hall–Kier alpha value is -1.79. The molecule has 1 heterocycles. The minimum Gasteiger partial charge on any atom is -0.468 e. The standard InChI is InChI=1S/C14H24N2O5/c1-14(2,3)21-13(19)16-8-6-5-7-10(16)12(18)15-9-11(17)20-4/h10H,5-9H2,1-4H3,(H,15,18)/t10-/m0/s1. The summed E-state index contributed by atoms with van der Waals surface area (Å²) >= 11 is 0. The SMILES string of the molecule is COC(=O)CNC(=O)[C@@H]1CCCCN1C(=O)OC(C)(C)C. The molecule has 0 aliphatic carbocycles. The van der Waals surface area contributed by atoms with Gasteiger partial charge in [0.2, 0.25) is 5.91 Å². The van der Waals surface area contributed by atoms with Crippen molar-refractivity contribution in [2.75, 3.05) is 20.2 Å². The van der Waals surface area contributed by atoms with Crippen LogP contribution in [0.1, 0.15) is 40.0 Å². The van der Waals surface area contributed by atoms with Crippen molar-refractivity contribution in [2.45, 2.75) is 51.7 Å². The van der Waals surface area contributed by atoms with Crippen molar-refractivity contribution < 1.29 is 23.9 Å². The molecule has 120 valence electrons. The maximum atomic E-state index is 12.2. The molecule has 0 aromatic heterocycles. The van der Waals surface area contributed by atoms with Gasteiger partial charge in [0.15, 0.2) is 0 Å². The van der Waals surface area contributed by atoms with E-state index >= 15 is 0 Å². The lowest BCUT2D eigenvalue weighted by Crippen LogP contribution is -2.53. The van der Waals surface area contributed by atoms with Crippen LogP contribution in [0.2, 0.25) is 0 Å². The van der Waals surface area contributed by atoms with Crippen molar-refractivity contribution in [3.8, 4) is 0 Å². The Balaban J connectivity index is 2.66. The van der Waals surface area contributed by atoms with E-state index in [1.54, 1.807) is 20.8 Å². The first kappa shape index (κ1) is 17.3. The number of nitrogens with one attached hydrogen (secondary N) is 1. The molecule has 0 radical (unpaired) electrons. The fraction of sp³-hybridized carbons (Fsp3) is 0.786. The molecule has 1 rings (SSSR count). The Morgan fingerprint density at radius 2 is 1.90 bits per heavy atom. The van der Waals surface area contributed by atoms with Crippen LogP contribution in [0.5, 0.6) is 0 Å². The molecule has 1 atom stereocenters. The molecule has 1 saturated heterocycles. The Morgan fingerprint density at radius 3 is 2.48 bits per heavy atom. The van der Waals surface area contributed by atoms with Gasteiger partial charge in [0, 0.05) is 6.54 Å². The Kier molecular flexibility index (Phi) is 5.99. The Morgan fingerprint density at radius 1 is 1.24 bits per heavy atom. The van der Waals surface area contributed by atoms with Crippen molar-refractivity contribution in [3.63, 3.8) is 0 Å². The molecule has 2 amide bonds. The summed E-state index contributed by atoms with van der Waals surface area (Å²) in [5, 5.41) is 2.49. The zero-order valence-corrected chi connectivity index (χ0v) is 13.1. The minimum absolute atomic E-state index is 0.200. The first-order chi connectivity index (χ1) is 9.74. The summed E-state index contributed by atoms with van der Waals surface area (Å²) in [5.41, 5.74) is -0.610. The lowest BCUT2D eigenvalue weighted by atomic mass is 10.0. The van der Waals surface area contributed by atoms with E-state index < -0.39 is 23.7 Å². The number of hydrogen-bond acceptors (Lipinski definition) is 5. The molecule has 1 N–H and O–H groups in total. The predicted octanol–water partition coefficient (Wildman–Crippen LogP) is 1.07. The third kappa shape index (κ3) is 5.61. The van der Waals surface area contributed by atoms with Gasteiger partial charge in [-0.3, -0.25) is 14.5 Å². The van der Waals surface area contributed by atoms with Gasteiger partial charge < -0.3 is 14.8 Å². The van der Waals surface area contributed by atoms with Crippen LogP contribution in [0.3, 0.4) is 0 Å². The van der Waals surface area contributed by atoms with E-state index in [2.05, 4.69) is 10.1 Å². The summed E-state index contributed by atoms with van der Waals surface area (Å²) < 4.78 is 9.79. The van der Waals surface area contributed by atoms with Gasteiger partial charge in [-0.25, -0.2) is 4.79 Å². The fourth-order valence-corrected chi connectivity index (χ4v) is 2.09. The second-order valence-electron chi connectivity index (χ2n) is 5.98. The topological polar surface area (TPSA) is 84.9 Å². The van der Waals surface area contributed by atoms with Crippen molar-refractivity contribution >= 4 is 18.0 Å². The van der Waals surface area contributed by atoms with E-state index in [9.17, 15) is 14.4 Å². The van der Waals surface area contributed by atoms with Crippen LogP contribution in [0.15, 0.2) is 0 Å². The molecule has 0 bridgehead atoms. The van der Waals surface area contributed by atoms with Gasteiger partial charge in [-0.15, -0.1) is 0 Å². The van der Waals surface area contributed by atoms with Crippen molar-refractivity contribution in [1.29, 1.82) is 0 Å². The van der Waals surface area contributed by atoms with E-state index in [0.29, 0.717) is 13.0 Å². The largest absolute Gasteiger partial charge is 0.468 e. The number of nitrogens with zero attached hydrogens (tertiary/aromatic N) is 1. The van der Waals surface area contributed by atoms with E-state index in [4.69, 9.17) is 4.74 Å². The zero-order valence-electron chi connectivity index (χ0n) is 13.1. The number of amides is 2. The monoisotopic (exact) mass is 300 g/mol. The molecule has 7 heteroatoms. The number of carbonyl (C=O) groups is 3. The summed E-state index contributed by atoms with van der Waals surface area (Å²) in [6.45, 7) is 5.61. The van der Waals surface area contributed by atoms with Gasteiger partial charge in [-0.1, -0.05) is 0 Å². The number of likely N-dealkylation sites (tertiary alicyclic amines) is 1. The average molecular weight is 300 g/mol. The molecule has 1 aliphatic rings. The molecule has 7 nitrogen and oxygen atoms in total. The molecule has 0 saturated carbocycles. The molecule has 0 aromatic carbocycles. The van der Waals surface area contributed by atoms with Gasteiger partial charge in [0.1, 0.15) is 18.2 Å². The van der Waals surface area contributed by atoms with Gasteiger partial charge in [-0.2, -0.15) is 0 Å². The molecule has 1 fully saturated rings. The summed E-state index contributed by atoms with van der Waals surface area (Å²) in [4.78, 5) is 36.8. The number of piperidine rings is 1. The maximum absolute atomic E-state index is 12.2. The molecule has 1 aliphatic heterocycles. The summed E-state index contributed by atoms with van der Waals surface area (Å²) in [7, 11) is 1.25. The van der Waals surface area contributed by atoms with E-state index in [-0.39, 0.29) is 12.5 Å². The van der Waals surface area contributed by atoms with Crippen molar-refractivity contribution in [1.82, 2.24) is 10.2 Å². The zero-order chi connectivity index (χ0) is 16.0.